The van der Waals surface area contributed by atoms with Gasteiger partial charge < -0.3 is 10.1 Å². The number of nitrogens with one attached hydrogen (secondary N) is 1. The monoisotopic (exact) mass is 192 g/mol. The minimum atomic E-state index is -0.193. The van der Waals surface area contributed by atoms with Crippen LogP contribution in [-0.2, 0) is 4.74 Å². The zero-order valence-corrected chi connectivity index (χ0v) is 8.38. The third-order valence-corrected chi connectivity index (χ3v) is 2.92. The summed E-state index contributed by atoms with van der Waals surface area (Å²) in [5, 5.41) is 3.27. The van der Waals surface area contributed by atoms with Crippen LogP contribution in [0, 0.1) is 12.3 Å². The first kappa shape index (κ1) is 9.39. The van der Waals surface area contributed by atoms with Crippen molar-refractivity contribution in [3.63, 3.8) is 0 Å². The van der Waals surface area contributed by atoms with Gasteiger partial charge in [0.05, 0.1) is 6.54 Å². The van der Waals surface area contributed by atoms with Crippen molar-refractivity contribution in [1.82, 2.24) is 5.32 Å². The van der Waals surface area contributed by atoms with E-state index in [1.807, 2.05) is 0 Å². The first-order valence-electron chi connectivity index (χ1n) is 5.28. The van der Waals surface area contributed by atoms with Crippen LogP contribution < -0.4 is 5.32 Å². The quantitative estimate of drug-likeness (QED) is 0.635. The molecule has 2 rings (SSSR count). The topological polar surface area (TPSA) is 33.6 Å². The number of aliphatic imine (C=N–C) groups is 1. The fraction of sp³-hybridized carbons (Fsp3) is 0.727. The van der Waals surface area contributed by atoms with Crippen LogP contribution in [0.2, 0.25) is 0 Å². The second-order valence-electron chi connectivity index (χ2n) is 3.95. The van der Waals surface area contributed by atoms with Gasteiger partial charge in [0.1, 0.15) is 12.1 Å². The lowest BCUT2D eigenvalue weighted by atomic mass is 9.82. The third kappa shape index (κ3) is 1.84. The van der Waals surface area contributed by atoms with Gasteiger partial charge in [0.25, 0.3) is 6.02 Å². The molecule has 0 bridgehead atoms. The second kappa shape index (κ2) is 3.91. The SMILES string of the molecule is C#CC1(NC2=NCCO2)CCCCC1. The molecule has 0 saturated heterocycles. The van der Waals surface area contributed by atoms with Crippen molar-refractivity contribution in [3.05, 3.63) is 0 Å². The van der Waals surface area contributed by atoms with E-state index in [-0.39, 0.29) is 5.54 Å². The summed E-state index contributed by atoms with van der Waals surface area (Å²) >= 11 is 0. The van der Waals surface area contributed by atoms with Crippen molar-refractivity contribution in [2.24, 2.45) is 4.99 Å². The Hall–Kier alpha value is -1.17. The molecule has 0 aromatic heterocycles. The van der Waals surface area contributed by atoms with E-state index in [2.05, 4.69) is 16.2 Å². The van der Waals surface area contributed by atoms with Crippen LogP contribution in [0.5, 0.6) is 0 Å². The van der Waals surface area contributed by atoms with Crippen LogP contribution in [0.15, 0.2) is 4.99 Å². The molecule has 1 N–H and O–H groups in total. The molecule has 0 amide bonds. The normalized spacial score (nSPS) is 24.6. The molecule has 1 fully saturated rings. The molecule has 0 aromatic rings. The van der Waals surface area contributed by atoms with E-state index in [0.29, 0.717) is 12.6 Å². The van der Waals surface area contributed by atoms with Crippen molar-refractivity contribution >= 4 is 6.02 Å². The molecule has 2 aliphatic rings. The molecule has 0 aromatic carbocycles. The number of ether oxygens (including phenoxy) is 1. The zero-order chi connectivity index (χ0) is 9.86. The number of terminal acetylenes is 1. The minimum absolute atomic E-state index is 0.193. The maximum absolute atomic E-state index is 5.59. The van der Waals surface area contributed by atoms with Crippen molar-refractivity contribution in [2.45, 2.75) is 37.6 Å². The van der Waals surface area contributed by atoms with Gasteiger partial charge in [-0.3, -0.25) is 0 Å². The van der Waals surface area contributed by atoms with E-state index in [9.17, 15) is 0 Å². The third-order valence-electron chi connectivity index (χ3n) is 2.92. The second-order valence-corrected chi connectivity index (χ2v) is 3.95. The van der Waals surface area contributed by atoms with Gasteiger partial charge in [0.2, 0.25) is 0 Å². The number of hydrogen-bond acceptors (Lipinski definition) is 3. The fourth-order valence-electron chi connectivity index (χ4n) is 2.08. The highest BCUT2D eigenvalue weighted by molar-refractivity contribution is 5.76. The van der Waals surface area contributed by atoms with Crippen LogP contribution in [0.4, 0.5) is 0 Å². The molecular weight excluding hydrogens is 176 g/mol. The molecule has 14 heavy (non-hydrogen) atoms. The molecule has 1 aliphatic carbocycles. The van der Waals surface area contributed by atoms with Gasteiger partial charge >= 0.3 is 0 Å². The van der Waals surface area contributed by atoms with Crippen LogP contribution >= 0.6 is 0 Å². The Kier molecular flexibility index (Phi) is 2.62. The highest BCUT2D eigenvalue weighted by Gasteiger charge is 2.31. The maximum atomic E-state index is 5.59. The van der Waals surface area contributed by atoms with Crippen molar-refractivity contribution in [1.29, 1.82) is 0 Å². The van der Waals surface area contributed by atoms with E-state index >= 15 is 0 Å². The van der Waals surface area contributed by atoms with E-state index in [0.717, 1.165) is 19.4 Å². The van der Waals surface area contributed by atoms with E-state index < -0.39 is 0 Å². The van der Waals surface area contributed by atoms with Crippen LogP contribution in [0.25, 0.3) is 0 Å². The summed E-state index contributed by atoms with van der Waals surface area (Å²) < 4.78 is 5.33. The Morgan fingerprint density at radius 1 is 1.36 bits per heavy atom. The summed E-state index contributed by atoms with van der Waals surface area (Å²) in [6.45, 7) is 1.44. The molecule has 0 radical (unpaired) electrons. The molecule has 1 aliphatic heterocycles. The largest absolute Gasteiger partial charge is 0.463 e. The molecule has 0 unspecified atom stereocenters. The number of rotatable bonds is 1. The summed E-state index contributed by atoms with van der Waals surface area (Å²) in [5.74, 6) is 2.87. The Balaban J connectivity index is 2.01. The molecule has 3 nitrogen and oxygen atoms in total. The average molecular weight is 192 g/mol. The first-order chi connectivity index (χ1) is 6.85. The van der Waals surface area contributed by atoms with Gasteiger partial charge in [-0.25, -0.2) is 4.99 Å². The lowest BCUT2D eigenvalue weighted by Crippen LogP contribution is -2.48. The number of hydrogen-bond donors (Lipinski definition) is 1. The molecule has 76 valence electrons. The van der Waals surface area contributed by atoms with Gasteiger partial charge in [-0.05, 0) is 12.8 Å². The number of amidine groups is 1. The summed E-state index contributed by atoms with van der Waals surface area (Å²) in [6, 6.07) is 0.643. The van der Waals surface area contributed by atoms with E-state index in [4.69, 9.17) is 11.2 Å². The lowest BCUT2D eigenvalue weighted by Gasteiger charge is -2.33. The Bertz CT molecular complexity index is 272. The van der Waals surface area contributed by atoms with Gasteiger partial charge in [0, 0.05) is 0 Å². The van der Waals surface area contributed by atoms with Crippen LogP contribution in [0.1, 0.15) is 32.1 Å². The van der Waals surface area contributed by atoms with Crippen LogP contribution in [0.3, 0.4) is 0 Å². The number of nitrogens with zero attached hydrogens (tertiary/aromatic N) is 1. The van der Waals surface area contributed by atoms with Gasteiger partial charge in [-0.2, -0.15) is 0 Å². The predicted octanol–water partition coefficient (Wildman–Crippen LogP) is 1.30. The maximum Gasteiger partial charge on any atom is 0.285 e. The fourth-order valence-corrected chi connectivity index (χ4v) is 2.08. The van der Waals surface area contributed by atoms with Crippen molar-refractivity contribution in [2.75, 3.05) is 13.2 Å². The van der Waals surface area contributed by atoms with E-state index in [1.165, 1.54) is 19.3 Å². The zero-order valence-electron chi connectivity index (χ0n) is 8.38. The standard InChI is InChI=1S/C11H16N2O/c1-2-11(6-4-3-5-7-11)13-10-12-8-9-14-10/h1H,3-9H2,(H,12,13). The molecule has 0 atom stereocenters. The molecule has 1 saturated carbocycles. The summed E-state index contributed by atoms with van der Waals surface area (Å²) in [7, 11) is 0. The Morgan fingerprint density at radius 3 is 2.71 bits per heavy atom. The van der Waals surface area contributed by atoms with Crippen molar-refractivity contribution in [3.8, 4) is 12.3 Å². The summed E-state index contributed by atoms with van der Waals surface area (Å²) in [5.41, 5.74) is -0.193. The Labute approximate surface area is 84.9 Å². The summed E-state index contributed by atoms with van der Waals surface area (Å²) in [4.78, 5) is 4.21. The van der Waals surface area contributed by atoms with Gasteiger partial charge in [0.15, 0.2) is 0 Å². The highest BCUT2D eigenvalue weighted by atomic mass is 16.5. The molecule has 0 spiro atoms. The highest BCUT2D eigenvalue weighted by Crippen LogP contribution is 2.27. The van der Waals surface area contributed by atoms with Crippen LogP contribution in [-0.4, -0.2) is 24.7 Å². The predicted molar refractivity (Wildman–Crippen MR) is 56.0 cm³/mol. The van der Waals surface area contributed by atoms with Gasteiger partial charge in [-0.1, -0.05) is 25.2 Å². The van der Waals surface area contributed by atoms with Crippen molar-refractivity contribution < 1.29 is 4.74 Å². The smallest absolute Gasteiger partial charge is 0.285 e. The molecule has 3 heteroatoms. The molecule has 1 heterocycles. The average Bonchev–Trinajstić information content (AvgIpc) is 2.72. The lowest BCUT2D eigenvalue weighted by molar-refractivity contribution is 0.284. The first-order valence-corrected chi connectivity index (χ1v) is 5.28. The van der Waals surface area contributed by atoms with Gasteiger partial charge in [-0.15, -0.1) is 6.42 Å². The Morgan fingerprint density at radius 2 is 2.14 bits per heavy atom. The van der Waals surface area contributed by atoms with E-state index in [1.54, 1.807) is 0 Å². The molecular formula is C11H16N2O. The minimum Gasteiger partial charge on any atom is -0.463 e. The summed E-state index contributed by atoms with van der Waals surface area (Å²) in [6.07, 6.45) is 11.3.